The highest BCUT2D eigenvalue weighted by atomic mass is 19.4. The highest BCUT2D eigenvalue weighted by Gasteiger charge is 2.42. The van der Waals surface area contributed by atoms with Crippen molar-refractivity contribution in [1.82, 2.24) is 4.90 Å². The van der Waals surface area contributed by atoms with Crippen molar-refractivity contribution in [2.75, 3.05) is 19.7 Å². The van der Waals surface area contributed by atoms with E-state index in [-0.39, 0.29) is 18.9 Å². The third kappa shape index (κ3) is 3.94. The van der Waals surface area contributed by atoms with Gasteiger partial charge in [-0.15, -0.1) is 0 Å². The molecule has 5 nitrogen and oxygen atoms in total. The predicted octanol–water partition coefficient (Wildman–Crippen LogP) is 2.41. The minimum atomic E-state index is -4.43. The molecule has 1 fully saturated rings. The molecule has 1 N–H and O–H groups in total. The van der Waals surface area contributed by atoms with E-state index in [9.17, 15) is 22.8 Å². The maximum atomic E-state index is 12.4. The number of carboxylic acids is 1. The van der Waals surface area contributed by atoms with Crippen LogP contribution in [0.25, 0.3) is 0 Å². The summed E-state index contributed by atoms with van der Waals surface area (Å²) in [7, 11) is 0. The summed E-state index contributed by atoms with van der Waals surface area (Å²) in [5, 5.41) is 9.11. The number of carbonyl (C=O) groups is 2. The average molecular weight is 331 g/mol. The Kier molecular flexibility index (Phi) is 4.53. The molecule has 1 aliphatic rings. The number of nitrogens with zero attached hydrogens (tertiary/aromatic N) is 1. The van der Waals surface area contributed by atoms with Crippen LogP contribution < -0.4 is 4.74 Å². The van der Waals surface area contributed by atoms with Crippen molar-refractivity contribution in [2.45, 2.75) is 19.5 Å². The number of rotatable bonds is 4. The largest absolute Gasteiger partial charge is 0.484 e. The summed E-state index contributed by atoms with van der Waals surface area (Å²) in [6, 6.07) is 4.03. The number of carboxylic acid groups (broad SMARTS) is 1. The van der Waals surface area contributed by atoms with E-state index in [1.807, 2.05) is 0 Å². The number of ether oxygens (including phenoxy) is 1. The van der Waals surface area contributed by atoms with Crippen LogP contribution in [0.1, 0.15) is 18.9 Å². The molecule has 0 aliphatic carbocycles. The quantitative estimate of drug-likeness (QED) is 0.920. The van der Waals surface area contributed by atoms with Crippen LogP contribution >= 0.6 is 0 Å². The van der Waals surface area contributed by atoms with E-state index < -0.39 is 29.0 Å². The first-order chi connectivity index (χ1) is 10.6. The maximum absolute atomic E-state index is 12.4. The van der Waals surface area contributed by atoms with Crippen molar-refractivity contribution < 1.29 is 32.6 Å². The van der Waals surface area contributed by atoms with Crippen LogP contribution in [0.2, 0.25) is 0 Å². The van der Waals surface area contributed by atoms with Crippen LogP contribution in [0.4, 0.5) is 13.2 Å². The summed E-state index contributed by atoms with van der Waals surface area (Å²) in [4.78, 5) is 24.5. The second-order valence-corrected chi connectivity index (χ2v) is 5.74. The maximum Gasteiger partial charge on any atom is 0.416 e. The summed E-state index contributed by atoms with van der Waals surface area (Å²) >= 11 is 0. The molecular formula is C15H16F3NO4. The second kappa shape index (κ2) is 6.10. The van der Waals surface area contributed by atoms with Gasteiger partial charge in [-0.25, -0.2) is 0 Å². The average Bonchev–Trinajstić information content (AvgIpc) is 2.88. The Morgan fingerprint density at radius 3 is 2.39 bits per heavy atom. The van der Waals surface area contributed by atoms with Gasteiger partial charge in [-0.3, -0.25) is 9.59 Å². The normalized spacial score (nSPS) is 21.3. The van der Waals surface area contributed by atoms with E-state index in [1.54, 1.807) is 6.92 Å². The summed E-state index contributed by atoms with van der Waals surface area (Å²) in [5.74, 6) is -1.21. The minimum Gasteiger partial charge on any atom is -0.484 e. The van der Waals surface area contributed by atoms with Gasteiger partial charge in [0.1, 0.15) is 5.75 Å². The van der Waals surface area contributed by atoms with E-state index in [0.717, 1.165) is 24.3 Å². The van der Waals surface area contributed by atoms with Gasteiger partial charge < -0.3 is 14.7 Å². The second-order valence-electron chi connectivity index (χ2n) is 5.74. The third-order valence-corrected chi connectivity index (χ3v) is 3.89. The van der Waals surface area contributed by atoms with Crippen LogP contribution in [-0.2, 0) is 15.8 Å². The van der Waals surface area contributed by atoms with Gasteiger partial charge in [0.25, 0.3) is 5.91 Å². The van der Waals surface area contributed by atoms with E-state index in [0.29, 0.717) is 13.0 Å². The first-order valence-corrected chi connectivity index (χ1v) is 6.93. The molecule has 1 heterocycles. The van der Waals surface area contributed by atoms with Crippen molar-refractivity contribution >= 4 is 11.9 Å². The molecule has 1 aromatic carbocycles. The number of halogens is 3. The number of benzene rings is 1. The van der Waals surface area contributed by atoms with Crippen molar-refractivity contribution in [2.24, 2.45) is 5.41 Å². The van der Waals surface area contributed by atoms with Crippen LogP contribution in [0, 0.1) is 5.41 Å². The predicted molar refractivity (Wildman–Crippen MR) is 73.9 cm³/mol. The monoisotopic (exact) mass is 331 g/mol. The molecule has 0 spiro atoms. The van der Waals surface area contributed by atoms with Crippen molar-refractivity contribution in [3.8, 4) is 5.75 Å². The molecule has 1 amide bonds. The van der Waals surface area contributed by atoms with Gasteiger partial charge in [-0.05, 0) is 37.6 Å². The van der Waals surface area contributed by atoms with Gasteiger partial charge in [0.05, 0.1) is 11.0 Å². The third-order valence-electron chi connectivity index (χ3n) is 3.89. The molecule has 8 heteroatoms. The van der Waals surface area contributed by atoms with Gasteiger partial charge in [-0.2, -0.15) is 13.2 Å². The Balaban J connectivity index is 1.89. The molecule has 2 rings (SSSR count). The molecule has 1 aromatic rings. The molecule has 1 aliphatic heterocycles. The number of hydrogen-bond donors (Lipinski definition) is 1. The lowest BCUT2D eigenvalue weighted by atomic mass is 9.90. The van der Waals surface area contributed by atoms with Gasteiger partial charge in [0.15, 0.2) is 6.61 Å². The van der Waals surface area contributed by atoms with E-state index >= 15 is 0 Å². The molecule has 0 radical (unpaired) electrons. The fourth-order valence-electron chi connectivity index (χ4n) is 2.33. The number of alkyl halides is 3. The number of amides is 1. The van der Waals surface area contributed by atoms with Crippen LogP contribution in [-0.4, -0.2) is 41.6 Å². The topological polar surface area (TPSA) is 66.8 Å². The molecule has 0 saturated carbocycles. The zero-order valence-electron chi connectivity index (χ0n) is 12.4. The van der Waals surface area contributed by atoms with Crippen LogP contribution in [0.15, 0.2) is 24.3 Å². The Hall–Kier alpha value is -2.25. The Morgan fingerprint density at radius 2 is 1.91 bits per heavy atom. The Bertz CT molecular complexity index is 600. The zero-order valence-corrected chi connectivity index (χ0v) is 12.4. The highest BCUT2D eigenvalue weighted by molar-refractivity contribution is 5.81. The molecule has 0 bridgehead atoms. The summed E-state index contributed by atoms with van der Waals surface area (Å²) in [5.41, 5.74) is -1.77. The van der Waals surface area contributed by atoms with E-state index in [1.165, 1.54) is 4.90 Å². The SMILES string of the molecule is C[C@]1(C(=O)O)CCN(C(=O)COc2ccc(C(F)(F)F)cc2)C1. The number of hydrogen-bond acceptors (Lipinski definition) is 3. The van der Waals surface area contributed by atoms with Gasteiger partial charge in [-0.1, -0.05) is 0 Å². The first-order valence-electron chi connectivity index (χ1n) is 6.93. The standard InChI is InChI=1S/C15H16F3NO4/c1-14(13(21)22)6-7-19(9-14)12(20)8-23-11-4-2-10(3-5-11)15(16,17)18/h2-5H,6-9H2,1H3,(H,21,22)/t14-/m0/s1. The lowest BCUT2D eigenvalue weighted by Crippen LogP contribution is -2.37. The molecule has 23 heavy (non-hydrogen) atoms. The fraction of sp³-hybridized carbons (Fsp3) is 0.467. The van der Waals surface area contributed by atoms with E-state index in [2.05, 4.69) is 0 Å². The van der Waals surface area contributed by atoms with Gasteiger partial charge >= 0.3 is 12.1 Å². The Labute approximate surface area is 130 Å². The molecule has 1 saturated heterocycles. The lowest BCUT2D eigenvalue weighted by molar-refractivity contribution is -0.147. The van der Waals surface area contributed by atoms with E-state index in [4.69, 9.17) is 9.84 Å². The smallest absolute Gasteiger partial charge is 0.416 e. The lowest BCUT2D eigenvalue weighted by Gasteiger charge is -2.20. The molecular weight excluding hydrogens is 315 g/mol. The summed E-state index contributed by atoms with van der Waals surface area (Å²) in [6.07, 6.45) is -4.07. The summed E-state index contributed by atoms with van der Waals surface area (Å²) < 4.78 is 42.4. The Morgan fingerprint density at radius 1 is 1.30 bits per heavy atom. The minimum absolute atomic E-state index is 0.0948. The van der Waals surface area contributed by atoms with Gasteiger partial charge in [0.2, 0.25) is 0 Å². The summed E-state index contributed by atoms with van der Waals surface area (Å²) in [6.45, 7) is 1.63. The molecule has 0 unspecified atom stereocenters. The van der Waals surface area contributed by atoms with Gasteiger partial charge in [0, 0.05) is 13.1 Å². The van der Waals surface area contributed by atoms with Crippen molar-refractivity contribution in [1.29, 1.82) is 0 Å². The fourth-order valence-corrected chi connectivity index (χ4v) is 2.33. The van der Waals surface area contributed by atoms with Crippen LogP contribution in [0.3, 0.4) is 0 Å². The highest BCUT2D eigenvalue weighted by Crippen LogP contribution is 2.31. The molecule has 126 valence electrons. The molecule has 0 aromatic heterocycles. The number of aliphatic carboxylic acids is 1. The number of carbonyl (C=O) groups excluding carboxylic acids is 1. The first kappa shape index (κ1) is 17.1. The number of likely N-dealkylation sites (tertiary alicyclic amines) is 1. The van der Waals surface area contributed by atoms with Crippen molar-refractivity contribution in [3.63, 3.8) is 0 Å². The molecule has 1 atom stereocenters. The van der Waals surface area contributed by atoms with Crippen LogP contribution in [0.5, 0.6) is 5.75 Å². The van der Waals surface area contributed by atoms with Crippen molar-refractivity contribution in [3.05, 3.63) is 29.8 Å². The zero-order chi connectivity index (χ0) is 17.3.